The minimum absolute atomic E-state index is 0.0898. The van der Waals surface area contributed by atoms with E-state index in [0.29, 0.717) is 34.5 Å². The van der Waals surface area contributed by atoms with Gasteiger partial charge in [-0.1, -0.05) is 68.7 Å². The Kier molecular flexibility index (Phi) is 12.9. The Hall–Kier alpha value is -4.61. The van der Waals surface area contributed by atoms with Crippen molar-refractivity contribution in [3.63, 3.8) is 0 Å². The number of benzene rings is 4. The first-order chi connectivity index (χ1) is 26.0. The number of nitrogens with zero attached hydrogens (tertiary/aromatic N) is 2. The third kappa shape index (κ3) is 9.10. The van der Waals surface area contributed by atoms with Gasteiger partial charge in [-0.25, -0.2) is 0 Å². The molecule has 0 saturated carbocycles. The maximum absolute atomic E-state index is 12.8. The van der Waals surface area contributed by atoms with Crippen LogP contribution in [0.3, 0.4) is 0 Å². The van der Waals surface area contributed by atoms with Crippen LogP contribution in [-0.4, -0.2) is 49.3 Å². The zero-order chi connectivity index (χ0) is 40.2. The van der Waals surface area contributed by atoms with Crippen molar-refractivity contribution in [1.82, 2.24) is 0 Å². The molecule has 0 heterocycles. The lowest BCUT2D eigenvalue weighted by atomic mass is 9.90. The highest BCUT2D eigenvalue weighted by atomic mass is 32.2. The fraction of sp³-hybridized carbons (Fsp3) is 0.311. The quantitative estimate of drug-likeness (QED) is 0.103. The first-order valence-corrected chi connectivity index (χ1v) is 21.7. The molecule has 0 fully saturated rings. The summed E-state index contributed by atoms with van der Waals surface area (Å²) in [6.07, 6.45) is 11.9. The van der Waals surface area contributed by atoms with E-state index in [1.54, 1.807) is 38.1 Å². The van der Waals surface area contributed by atoms with Crippen molar-refractivity contribution in [2.75, 3.05) is 18.0 Å². The average molecular weight is 782 g/mol. The molecule has 55 heavy (non-hydrogen) atoms. The first-order valence-electron chi connectivity index (χ1n) is 18.8. The Labute approximate surface area is 327 Å². The van der Waals surface area contributed by atoms with Gasteiger partial charge in [0.05, 0.1) is 0 Å². The summed E-state index contributed by atoms with van der Waals surface area (Å²) in [7, 11) is -9.05. The van der Waals surface area contributed by atoms with Crippen molar-refractivity contribution in [3.8, 4) is 0 Å². The lowest BCUT2D eigenvalue weighted by molar-refractivity contribution is -0.440. The molecule has 0 unspecified atom stereocenters. The lowest BCUT2D eigenvalue weighted by Gasteiger charge is -2.30. The number of unbranched alkanes of at least 4 members (excludes halogenated alkanes) is 2. The summed E-state index contributed by atoms with van der Waals surface area (Å²) in [5.41, 5.74) is 11.6. The molecule has 10 heteroatoms. The van der Waals surface area contributed by atoms with Gasteiger partial charge >= 0.3 is 0 Å². The molecular weight excluding hydrogens is 729 g/mol. The van der Waals surface area contributed by atoms with E-state index in [1.807, 2.05) is 43.3 Å². The van der Waals surface area contributed by atoms with Crippen molar-refractivity contribution in [2.24, 2.45) is 0 Å². The van der Waals surface area contributed by atoms with Crippen LogP contribution >= 0.6 is 0 Å². The zero-order valence-electron chi connectivity index (χ0n) is 33.1. The number of hydrogen-bond acceptors (Lipinski definition) is 5. The summed E-state index contributed by atoms with van der Waals surface area (Å²) in [5.74, 6) is 0. The van der Waals surface area contributed by atoms with Gasteiger partial charge in [-0.05, 0) is 124 Å². The van der Waals surface area contributed by atoms with Gasteiger partial charge in [0.25, 0.3) is 20.2 Å². The Morgan fingerprint density at radius 3 is 1.85 bits per heavy atom. The summed E-state index contributed by atoms with van der Waals surface area (Å²) < 4.78 is 73.4. The fourth-order valence-corrected chi connectivity index (χ4v) is 9.58. The molecule has 5 rings (SSSR count). The Bertz CT molecular complexity index is 2420. The molecule has 1 aliphatic rings. The van der Waals surface area contributed by atoms with Crippen LogP contribution < -0.4 is 4.90 Å². The van der Waals surface area contributed by atoms with Gasteiger partial charge in [0, 0.05) is 53.2 Å². The van der Waals surface area contributed by atoms with E-state index in [0.717, 1.165) is 60.3 Å². The third-order valence-electron chi connectivity index (χ3n) is 10.1. The Morgan fingerprint density at radius 1 is 0.691 bits per heavy atom. The highest BCUT2D eigenvalue weighted by Crippen LogP contribution is 2.39. The van der Waals surface area contributed by atoms with E-state index >= 15 is 0 Å². The minimum atomic E-state index is -4.58. The molecule has 0 radical (unpaired) electrons. The molecule has 0 aromatic heterocycles. The predicted molar refractivity (Wildman–Crippen MR) is 225 cm³/mol. The summed E-state index contributed by atoms with van der Waals surface area (Å²) in [6, 6.07) is 20.4. The highest BCUT2D eigenvalue weighted by molar-refractivity contribution is 7.86. The molecule has 2 N–H and O–H groups in total. The SMILES string of the molecule is CCCCN(c1ccc(C(=C2C=CC(=[N+](CCCC)c3c(C)cc(C)cc3C)C=C2)c2ccccc2S(=O)(=O)O)cc1)c1c(C)cc(C)c(S(=O)(=O)O)c1C. The third-order valence-corrected chi connectivity index (χ3v) is 12.2. The van der Waals surface area contributed by atoms with E-state index < -0.39 is 20.2 Å². The van der Waals surface area contributed by atoms with Gasteiger partial charge in [0.2, 0.25) is 11.4 Å². The predicted octanol–water partition coefficient (Wildman–Crippen LogP) is 10.5. The molecule has 4 aromatic carbocycles. The molecule has 0 aliphatic heterocycles. The highest BCUT2D eigenvalue weighted by Gasteiger charge is 2.26. The van der Waals surface area contributed by atoms with Crippen LogP contribution in [0.2, 0.25) is 0 Å². The number of anilines is 2. The van der Waals surface area contributed by atoms with Crippen LogP contribution in [0, 0.1) is 41.5 Å². The van der Waals surface area contributed by atoms with Gasteiger partial charge < -0.3 is 4.90 Å². The zero-order valence-corrected chi connectivity index (χ0v) is 34.8. The lowest BCUT2D eigenvalue weighted by Crippen LogP contribution is -2.22. The van der Waals surface area contributed by atoms with Crippen LogP contribution in [-0.2, 0) is 20.2 Å². The standard InChI is InChI=1S/C45H52N2O6S2/c1-9-11-25-46(43-31(4)27-30(3)28-32(43)5)38-21-17-36(18-22-38)42(40-15-13-14-16-41(40)54(48,49)50)37-19-23-39(24-20-37)47(26-12-10-2)44-33(6)29-34(7)45(35(44)8)55(51,52)53/h13-24,27-29H,9-12,25-26H2,1-8H3,(H-,48,49,50,51,52,53)/p+1. The fourth-order valence-electron chi connectivity index (χ4n) is 7.93. The molecule has 4 aromatic rings. The smallest absolute Gasteiger partial charge is 0.295 e. The van der Waals surface area contributed by atoms with Gasteiger partial charge in [-0.3, -0.25) is 9.11 Å². The second-order valence-electron chi connectivity index (χ2n) is 14.5. The van der Waals surface area contributed by atoms with Crippen molar-refractivity contribution < 1.29 is 30.5 Å². The van der Waals surface area contributed by atoms with Crippen molar-refractivity contribution in [3.05, 3.63) is 141 Å². The first kappa shape index (κ1) is 41.6. The largest absolute Gasteiger partial charge is 0.341 e. The van der Waals surface area contributed by atoms with Gasteiger partial charge in [-0.2, -0.15) is 21.4 Å². The van der Waals surface area contributed by atoms with E-state index in [9.17, 15) is 25.9 Å². The van der Waals surface area contributed by atoms with Crippen LogP contribution in [0.1, 0.15) is 84.0 Å². The maximum atomic E-state index is 12.8. The number of allylic oxidation sites excluding steroid dienone is 5. The monoisotopic (exact) mass is 781 g/mol. The Balaban J connectivity index is 1.71. The van der Waals surface area contributed by atoms with Crippen molar-refractivity contribution in [1.29, 1.82) is 0 Å². The summed E-state index contributed by atoms with van der Waals surface area (Å²) in [6.45, 7) is 17.4. The average Bonchev–Trinajstić information content (AvgIpc) is 3.10. The van der Waals surface area contributed by atoms with Crippen LogP contribution in [0.25, 0.3) is 5.57 Å². The summed E-state index contributed by atoms with van der Waals surface area (Å²) >= 11 is 0. The molecule has 0 atom stereocenters. The molecular formula is C45H53N2O6S2+. The van der Waals surface area contributed by atoms with Gasteiger partial charge in [0.15, 0.2) is 0 Å². The molecule has 1 aliphatic carbocycles. The summed E-state index contributed by atoms with van der Waals surface area (Å²) in [4.78, 5) is 1.79. The summed E-state index contributed by atoms with van der Waals surface area (Å²) in [5, 5.41) is 0. The Morgan fingerprint density at radius 2 is 1.29 bits per heavy atom. The molecule has 290 valence electrons. The van der Waals surface area contributed by atoms with E-state index in [-0.39, 0.29) is 9.79 Å². The van der Waals surface area contributed by atoms with Crippen molar-refractivity contribution in [2.45, 2.75) is 90.9 Å². The normalized spacial score (nSPS) is 13.1. The van der Waals surface area contributed by atoms with E-state index in [2.05, 4.69) is 68.4 Å². The van der Waals surface area contributed by atoms with Crippen LogP contribution in [0.15, 0.2) is 106 Å². The van der Waals surface area contributed by atoms with Crippen molar-refractivity contribution >= 4 is 48.6 Å². The van der Waals surface area contributed by atoms with Crippen LogP contribution in [0.5, 0.6) is 0 Å². The van der Waals surface area contributed by atoms with E-state index in [4.69, 9.17) is 0 Å². The van der Waals surface area contributed by atoms with E-state index in [1.165, 1.54) is 28.4 Å². The van der Waals surface area contributed by atoms with Gasteiger partial charge in [-0.15, -0.1) is 0 Å². The topological polar surface area (TPSA) is 115 Å². The molecule has 0 amide bonds. The second-order valence-corrected chi connectivity index (χ2v) is 17.2. The second kappa shape index (κ2) is 17.0. The molecule has 0 bridgehead atoms. The minimum Gasteiger partial charge on any atom is -0.341 e. The number of rotatable bonds is 13. The number of aryl methyl sites for hydroxylation is 5. The molecule has 0 spiro atoms. The molecule has 8 nitrogen and oxygen atoms in total. The van der Waals surface area contributed by atoms with Gasteiger partial charge in [0.1, 0.15) is 16.3 Å². The molecule has 0 saturated heterocycles. The van der Waals surface area contributed by atoms with Crippen LogP contribution in [0.4, 0.5) is 17.1 Å². The number of hydrogen-bond donors (Lipinski definition) is 2. The maximum Gasteiger partial charge on any atom is 0.295 e.